The van der Waals surface area contributed by atoms with Crippen molar-refractivity contribution in [3.05, 3.63) is 58.1 Å². The molecule has 0 saturated carbocycles. The average molecular weight is 479 g/mol. The normalized spacial score (nSPS) is 14.8. The van der Waals surface area contributed by atoms with Crippen LogP contribution >= 0.6 is 11.6 Å². The molecule has 1 heterocycles. The van der Waals surface area contributed by atoms with Gasteiger partial charge >= 0.3 is 5.97 Å². The third-order valence-corrected chi connectivity index (χ3v) is 7.35. The molecule has 1 fully saturated rings. The predicted molar refractivity (Wildman–Crippen MR) is 123 cm³/mol. The highest BCUT2D eigenvalue weighted by molar-refractivity contribution is 7.92. The topological polar surface area (TPSA) is 92.8 Å². The summed E-state index contributed by atoms with van der Waals surface area (Å²) in [5.74, 6) is -0.758. The molecule has 2 aromatic rings. The van der Waals surface area contributed by atoms with Gasteiger partial charge in [-0.1, -0.05) is 23.7 Å². The fraction of sp³-hybridized carbons (Fsp3) is 0.391. The minimum atomic E-state index is -4.01. The maximum absolute atomic E-state index is 13.0. The molecule has 1 saturated heterocycles. The number of halogens is 1. The summed E-state index contributed by atoms with van der Waals surface area (Å²) in [6.45, 7) is 6.56. The number of ether oxygens (including phenoxy) is 1. The highest BCUT2D eigenvalue weighted by atomic mass is 35.5. The fourth-order valence-corrected chi connectivity index (χ4v) is 5.30. The number of hydrogen-bond donors (Lipinski definition) is 1. The summed E-state index contributed by atoms with van der Waals surface area (Å²) in [5.41, 5.74) is 2.37. The first-order valence-electron chi connectivity index (χ1n) is 10.5. The van der Waals surface area contributed by atoms with Crippen LogP contribution in [0.4, 0.5) is 5.69 Å². The van der Waals surface area contributed by atoms with Gasteiger partial charge in [-0.15, -0.1) is 0 Å². The lowest BCUT2D eigenvalue weighted by Gasteiger charge is -2.31. The van der Waals surface area contributed by atoms with Crippen molar-refractivity contribution in [1.82, 2.24) is 4.90 Å². The third-order valence-electron chi connectivity index (χ3n) is 5.51. The van der Waals surface area contributed by atoms with Crippen LogP contribution in [0.1, 0.15) is 41.3 Å². The Morgan fingerprint density at radius 1 is 1.12 bits per heavy atom. The van der Waals surface area contributed by atoms with E-state index in [0.29, 0.717) is 38.2 Å². The number of amides is 1. The number of sulfonamides is 1. The molecule has 0 unspecified atom stereocenters. The van der Waals surface area contributed by atoms with Crippen molar-refractivity contribution in [3.63, 3.8) is 0 Å². The number of nitrogens with one attached hydrogen (secondary N) is 1. The second-order valence-electron chi connectivity index (χ2n) is 7.89. The van der Waals surface area contributed by atoms with Crippen LogP contribution in [0.5, 0.6) is 0 Å². The SMILES string of the molecule is CCOC(=O)C1CCN(C(=O)c2ccc(Cl)c(S(=O)(=O)Nc3cc(C)ccc3C)c2)CC1. The molecule has 1 amide bonds. The van der Waals surface area contributed by atoms with Gasteiger partial charge in [-0.3, -0.25) is 14.3 Å². The van der Waals surface area contributed by atoms with Crippen molar-refractivity contribution < 1.29 is 22.7 Å². The first-order valence-corrected chi connectivity index (χ1v) is 12.3. The van der Waals surface area contributed by atoms with E-state index >= 15 is 0 Å². The Labute approximate surface area is 193 Å². The van der Waals surface area contributed by atoms with Gasteiger partial charge in [0, 0.05) is 18.7 Å². The molecule has 0 atom stereocenters. The number of esters is 1. The molecular weight excluding hydrogens is 452 g/mol. The second kappa shape index (κ2) is 9.92. The maximum atomic E-state index is 13.0. The van der Waals surface area contributed by atoms with Crippen molar-refractivity contribution in [2.45, 2.75) is 38.5 Å². The molecule has 0 aromatic heterocycles. The number of likely N-dealkylation sites (tertiary alicyclic amines) is 1. The van der Waals surface area contributed by atoms with Crippen LogP contribution in [-0.4, -0.2) is 44.9 Å². The zero-order valence-electron chi connectivity index (χ0n) is 18.4. The molecule has 9 heteroatoms. The van der Waals surface area contributed by atoms with Gasteiger partial charge in [0.25, 0.3) is 15.9 Å². The third kappa shape index (κ3) is 5.42. The summed E-state index contributed by atoms with van der Waals surface area (Å²) in [6.07, 6.45) is 1.02. The number of anilines is 1. The van der Waals surface area contributed by atoms with Crippen molar-refractivity contribution in [2.24, 2.45) is 5.92 Å². The van der Waals surface area contributed by atoms with E-state index in [-0.39, 0.29) is 33.3 Å². The monoisotopic (exact) mass is 478 g/mol. The largest absolute Gasteiger partial charge is 0.466 e. The van der Waals surface area contributed by atoms with Crippen LogP contribution in [-0.2, 0) is 19.6 Å². The highest BCUT2D eigenvalue weighted by Gasteiger charge is 2.29. The first kappa shape index (κ1) is 24.1. The van der Waals surface area contributed by atoms with Gasteiger partial charge < -0.3 is 9.64 Å². The summed E-state index contributed by atoms with van der Waals surface area (Å²) < 4.78 is 33.7. The van der Waals surface area contributed by atoms with E-state index in [9.17, 15) is 18.0 Å². The molecule has 0 radical (unpaired) electrons. The number of benzene rings is 2. The van der Waals surface area contributed by atoms with Crippen LogP contribution in [0, 0.1) is 19.8 Å². The zero-order valence-corrected chi connectivity index (χ0v) is 19.9. The first-order chi connectivity index (χ1) is 15.1. The summed E-state index contributed by atoms with van der Waals surface area (Å²) >= 11 is 6.20. The van der Waals surface area contributed by atoms with E-state index in [2.05, 4.69) is 4.72 Å². The number of piperidine rings is 1. The number of rotatable bonds is 6. The second-order valence-corrected chi connectivity index (χ2v) is 9.95. The predicted octanol–water partition coefficient (Wildman–Crippen LogP) is 4.17. The van der Waals surface area contributed by atoms with Crippen molar-refractivity contribution in [3.8, 4) is 0 Å². The van der Waals surface area contributed by atoms with Gasteiger partial charge in [0.15, 0.2) is 0 Å². The number of carbonyl (C=O) groups excluding carboxylic acids is 2. The van der Waals surface area contributed by atoms with E-state index in [1.54, 1.807) is 24.8 Å². The number of carbonyl (C=O) groups is 2. The Morgan fingerprint density at radius 3 is 2.47 bits per heavy atom. The summed E-state index contributed by atoms with van der Waals surface area (Å²) in [6, 6.07) is 9.69. The number of nitrogens with zero attached hydrogens (tertiary/aromatic N) is 1. The van der Waals surface area contributed by atoms with Crippen molar-refractivity contribution in [1.29, 1.82) is 0 Å². The Hall–Kier alpha value is -2.58. The van der Waals surface area contributed by atoms with Crippen LogP contribution in [0.25, 0.3) is 0 Å². The summed E-state index contributed by atoms with van der Waals surface area (Å²) in [7, 11) is -4.01. The van der Waals surface area contributed by atoms with Crippen LogP contribution in [0.2, 0.25) is 5.02 Å². The van der Waals surface area contributed by atoms with Crippen LogP contribution < -0.4 is 4.72 Å². The Balaban J connectivity index is 1.79. The quantitative estimate of drug-likeness (QED) is 0.629. The molecule has 7 nitrogen and oxygen atoms in total. The minimum absolute atomic E-state index is 0.0281. The molecule has 172 valence electrons. The molecule has 3 rings (SSSR count). The number of hydrogen-bond acceptors (Lipinski definition) is 5. The smallest absolute Gasteiger partial charge is 0.309 e. The van der Waals surface area contributed by atoms with E-state index in [4.69, 9.17) is 16.3 Å². The lowest BCUT2D eigenvalue weighted by atomic mass is 9.96. The lowest BCUT2D eigenvalue weighted by Crippen LogP contribution is -2.40. The molecule has 0 aliphatic carbocycles. The van der Waals surface area contributed by atoms with Gasteiger partial charge in [-0.05, 0) is 69.0 Å². The molecule has 0 spiro atoms. The van der Waals surface area contributed by atoms with Crippen LogP contribution in [0.15, 0.2) is 41.3 Å². The van der Waals surface area contributed by atoms with Gasteiger partial charge in [-0.2, -0.15) is 0 Å². The van der Waals surface area contributed by atoms with E-state index in [1.165, 1.54) is 18.2 Å². The molecule has 0 bridgehead atoms. The minimum Gasteiger partial charge on any atom is -0.466 e. The standard InChI is InChI=1S/C23H27ClN2O5S/c1-4-31-23(28)17-9-11-26(12-10-17)22(27)18-7-8-19(24)21(14-18)32(29,30)25-20-13-15(2)5-6-16(20)3/h5-8,13-14,17,25H,4,9-12H2,1-3H3. The summed E-state index contributed by atoms with van der Waals surface area (Å²) in [5, 5.41) is 0.0281. The van der Waals surface area contributed by atoms with Gasteiger partial charge in [0.05, 0.1) is 23.2 Å². The average Bonchev–Trinajstić information content (AvgIpc) is 2.76. The van der Waals surface area contributed by atoms with E-state index in [0.717, 1.165) is 11.1 Å². The van der Waals surface area contributed by atoms with Crippen molar-refractivity contribution in [2.75, 3.05) is 24.4 Å². The summed E-state index contributed by atoms with van der Waals surface area (Å²) in [4.78, 5) is 26.4. The van der Waals surface area contributed by atoms with Crippen molar-refractivity contribution >= 4 is 39.2 Å². The lowest BCUT2D eigenvalue weighted by molar-refractivity contribution is -0.149. The van der Waals surface area contributed by atoms with E-state index in [1.807, 2.05) is 19.1 Å². The van der Waals surface area contributed by atoms with Gasteiger partial charge in [0.1, 0.15) is 4.90 Å². The molecule has 2 aromatic carbocycles. The van der Waals surface area contributed by atoms with Crippen LogP contribution in [0.3, 0.4) is 0 Å². The van der Waals surface area contributed by atoms with E-state index < -0.39 is 10.0 Å². The molecule has 1 N–H and O–H groups in total. The zero-order chi connectivity index (χ0) is 23.5. The maximum Gasteiger partial charge on any atom is 0.309 e. The Bertz CT molecular complexity index is 1130. The van der Waals surface area contributed by atoms with Gasteiger partial charge in [-0.25, -0.2) is 8.42 Å². The Kier molecular flexibility index (Phi) is 7.46. The molecule has 1 aliphatic rings. The molecular formula is C23H27ClN2O5S. The molecule has 1 aliphatic heterocycles. The highest BCUT2D eigenvalue weighted by Crippen LogP contribution is 2.28. The van der Waals surface area contributed by atoms with Gasteiger partial charge in [0.2, 0.25) is 0 Å². The fourth-order valence-electron chi connectivity index (χ4n) is 3.65. The molecule has 32 heavy (non-hydrogen) atoms. The Morgan fingerprint density at radius 2 is 1.81 bits per heavy atom. The number of aryl methyl sites for hydroxylation is 2.